The molecule has 1 N–H and O–H groups in total. The molecule has 0 saturated carbocycles. The van der Waals surface area contributed by atoms with Crippen LogP contribution in [0.25, 0.3) is 0 Å². The van der Waals surface area contributed by atoms with Gasteiger partial charge in [-0.15, -0.1) is 0 Å². The Morgan fingerprint density at radius 1 is 1.08 bits per heavy atom. The molecule has 0 fully saturated rings. The quantitative estimate of drug-likeness (QED) is 0.918. The molecule has 134 valence electrons. The zero-order valence-corrected chi connectivity index (χ0v) is 15.0. The van der Waals surface area contributed by atoms with Crippen molar-refractivity contribution < 1.29 is 14.3 Å². The van der Waals surface area contributed by atoms with Crippen molar-refractivity contribution in [3.63, 3.8) is 0 Å². The van der Waals surface area contributed by atoms with Crippen molar-refractivity contribution in [1.29, 1.82) is 0 Å². The summed E-state index contributed by atoms with van der Waals surface area (Å²) in [5, 5.41) is 8.79. The number of hydrogen-bond acceptors (Lipinski definition) is 4. The Kier molecular flexibility index (Phi) is 5.02. The first-order valence-corrected chi connectivity index (χ1v) is 8.37. The topological polar surface area (TPSA) is 71.0 Å². The summed E-state index contributed by atoms with van der Waals surface area (Å²) < 4.78 is 5.19. The average molecular weight is 351 g/mol. The van der Waals surface area contributed by atoms with Gasteiger partial charge in [-0.25, -0.2) is 5.01 Å². The molecule has 3 rings (SSSR count). The number of methoxy groups -OCH3 is 1. The van der Waals surface area contributed by atoms with E-state index in [-0.39, 0.29) is 17.9 Å². The van der Waals surface area contributed by atoms with Gasteiger partial charge >= 0.3 is 0 Å². The van der Waals surface area contributed by atoms with Crippen molar-refractivity contribution in [3.05, 3.63) is 59.7 Å². The van der Waals surface area contributed by atoms with E-state index in [4.69, 9.17) is 4.74 Å². The molecule has 0 aromatic heterocycles. The molecule has 0 spiro atoms. The molecule has 0 bridgehead atoms. The van der Waals surface area contributed by atoms with Gasteiger partial charge in [-0.1, -0.05) is 12.1 Å². The molecule has 1 aliphatic heterocycles. The van der Waals surface area contributed by atoms with E-state index in [1.54, 1.807) is 7.11 Å². The highest BCUT2D eigenvalue weighted by Crippen LogP contribution is 2.33. The molecule has 2 aromatic carbocycles. The number of carbonyl (C=O) groups is 2. The highest BCUT2D eigenvalue weighted by atomic mass is 16.5. The molecular formula is C20H21N3O3. The van der Waals surface area contributed by atoms with Gasteiger partial charge in [0.05, 0.1) is 18.9 Å². The summed E-state index contributed by atoms with van der Waals surface area (Å²) >= 11 is 0. The fourth-order valence-electron chi connectivity index (χ4n) is 3.01. The normalized spacial score (nSPS) is 16.2. The van der Waals surface area contributed by atoms with Gasteiger partial charge in [-0.3, -0.25) is 9.59 Å². The van der Waals surface area contributed by atoms with Crippen molar-refractivity contribution >= 4 is 23.2 Å². The van der Waals surface area contributed by atoms with Crippen molar-refractivity contribution in [3.8, 4) is 5.75 Å². The van der Waals surface area contributed by atoms with E-state index in [1.807, 2.05) is 48.5 Å². The molecule has 0 aliphatic carbocycles. The smallest absolute Gasteiger partial charge is 0.240 e. The summed E-state index contributed by atoms with van der Waals surface area (Å²) in [6.07, 6.45) is 0.630. The Hall–Kier alpha value is -3.15. The van der Waals surface area contributed by atoms with Gasteiger partial charge in [0, 0.05) is 26.0 Å². The maximum absolute atomic E-state index is 12.1. The van der Waals surface area contributed by atoms with E-state index in [0.717, 1.165) is 28.3 Å². The monoisotopic (exact) mass is 351 g/mol. The SMILES string of the molecule is COc1ccc(C2=NN(C(C)=O)[C@H](c3ccc(NC(C)=O)cc3)C2)cc1. The Balaban J connectivity index is 1.84. The molecule has 1 aliphatic rings. The predicted molar refractivity (Wildman–Crippen MR) is 100 cm³/mol. The van der Waals surface area contributed by atoms with Gasteiger partial charge in [0.1, 0.15) is 5.75 Å². The standard InChI is InChI=1S/C20H21N3O3/c1-13(24)21-17-8-4-16(5-9-17)20-12-19(22-23(20)14(2)25)15-6-10-18(26-3)11-7-15/h4-11,20H,12H2,1-3H3,(H,21,24)/t20-/m0/s1. The lowest BCUT2D eigenvalue weighted by molar-refractivity contribution is -0.130. The minimum Gasteiger partial charge on any atom is -0.497 e. The number of nitrogens with zero attached hydrogens (tertiary/aromatic N) is 2. The number of hydrogen-bond donors (Lipinski definition) is 1. The van der Waals surface area contributed by atoms with Crippen LogP contribution in [0.1, 0.15) is 37.4 Å². The molecule has 2 amide bonds. The number of ether oxygens (including phenoxy) is 1. The van der Waals surface area contributed by atoms with Crippen molar-refractivity contribution in [2.24, 2.45) is 5.10 Å². The summed E-state index contributed by atoms with van der Waals surface area (Å²) in [5.74, 6) is 0.555. The second-order valence-corrected chi connectivity index (χ2v) is 6.16. The Morgan fingerprint density at radius 3 is 2.27 bits per heavy atom. The fourth-order valence-corrected chi connectivity index (χ4v) is 3.01. The first kappa shape index (κ1) is 17.7. The number of carbonyl (C=O) groups excluding carboxylic acids is 2. The molecule has 1 atom stereocenters. The predicted octanol–water partition coefficient (Wildman–Crippen LogP) is 3.35. The molecule has 0 saturated heterocycles. The number of nitrogens with one attached hydrogen (secondary N) is 1. The van der Waals surface area contributed by atoms with Crippen LogP contribution >= 0.6 is 0 Å². The van der Waals surface area contributed by atoms with E-state index < -0.39 is 0 Å². The summed E-state index contributed by atoms with van der Waals surface area (Å²) in [4.78, 5) is 23.2. The van der Waals surface area contributed by atoms with Gasteiger partial charge in [0.15, 0.2) is 0 Å². The number of hydrazone groups is 1. The highest BCUT2D eigenvalue weighted by Gasteiger charge is 2.31. The van der Waals surface area contributed by atoms with Crippen molar-refractivity contribution in [2.75, 3.05) is 12.4 Å². The van der Waals surface area contributed by atoms with Gasteiger partial charge in [-0.05, 0) is 47.5 Å². The second kappa shape index (κ2) is 7.39. The van der Waals surface area contributed by atoms with Crippen LogP contribution in [0.4, 0.5) is 5.69 Å². The number of rotatable bonds is 4. The maximum Gasteiger partial charge on any atom is 0.240 e. The minimum absolute atomic E-state index is 0.107. The van der Waals surface area contributed by atoms with E-state index in [9.17, 15) is 9.59 Å². The van der Waals surface area contributed by atoms with Gasteiger partial charge in [0.2, 0.25) is 11.8 Å². The third-order valence-electron chi connectivity index (χ3n) is 4.27. The summed E-state index contributed by atoms with van der Waals surface area (Å²) in [7, 11) is 1.63. The van der Waals surface area contributed by atoms with Gasteiger partial charge in [-0.2, -0.15) is 5.10 Å². The van der Waals surface area contributed by atoms with Gasteiger partial charge in [0.25, 0.3) is 0 Å². The summed E-state index contributed by atoms with van der Waals surface area (Å²) in [6, 6.07) is 15.0. The Labute approximate surface area is 152 Å². The van der Waals surface area contributed by atoms with Crippen LogP contribution in [0.3, 0.4) is 0 Å². The third-order valence-corrected chi connectivity index (χ3v) is 4.27. The first-order chi connectivity index (χ1) is 12.5. The highest BCUT2D eigenvalue weighted by molar-refractivity contribution is 6.03. The molecule has 6 nitrogen and oxygen atoms in total. The van der Waals surface area contributed by atoms with Crippen LogP contribution < -0.4 is 10.1 Å². The molecule has 2 aromatic rings. The fraction of sp³-hybridized carbons (Fsp3) is 0.250. The lowest BCUT2D eigenvalue weighted by atomic mass is 9.98. The van der Waals surface area contributed by atoms with Crippen LogP contribution in [0, 0.1) is 0 Å². The van der Waals surface area contributed by atoms with E-state index in [2.05, 4.69) is 10.4 Å². The molecule has 1 heterocycles. The van der Waals surface area contributed by atoms with Crippen molar-refractivity contribution in [1.82, 2.24) is 5.01 Å². The van der Waals surface area contributed by atoms with E-state index in [0.29, 0.717) is 6.42 Å². The third kappa shape index (κ3) is 3.74. The number of amides is 2. The van der Waals surface area contributed by atoms with Crippen molar-refractivity contribution in [2.45, 2.75) is 26.3 Å². The average Bonchev–Trinajstić information content (AvgIpc) is 3.07. The zero-order valence-electron chi connectivity index (χ0n) is 15.0. The van der Waals surface area contributed by atoms with Crippen LogP contribution in [-0.2, 0) is 9.59 Å². The molecule has 26 heavy (non-hydrogen) atoms. The van der Waals surface area contributed by atoms with Crippen LogP contribution in [-0.4, -0.2) is 29.6 Å². The maximum atomic E-state index is 12.1. The summed E-state index contributed by atoms with van der Waals surface area (Å²) in [5.41, 5.74) is 3.53. The number of anilines is 1. The largest absolute Gasteiger partial charge is 0.497 e. The minimum atomic E-state index is -0.157. The second-order valence-electron chi connectivity index (χ2n) is 6.16. The van der Waals surface area contributed by atoms with Crippen LogP contribution in [0.5, 0.6) is 5.75 Å². The van der Waals surface area contributed by atoms with Crippen LogP contribution in [0.15, 0.2) is 53.6 Å². The van der Waals surface area contributed by atoms with Gasteiger partial charge < -0.3 is 10.1 Å². The molecule has 0 unspecified atom stereocenters. The zero-order chi connectivity index (χ0) is 18.7. The molecule has 0 radical (unpaired) electrons. The van der Waals surface area contributed by atoms with Crippen LogP contribution in [0.2, 0.25) is 0 Å². The Morgan fingerprint density at radius 2 is 1.73 bits per heavy atom. The lowest BCUT2D eigenvalue weighted by Crippen LogP contribution is -2.24. The Bertz CT molecular complexity index is 842. The van der Waals surface area contributed by atoms with E-state index in [1.165, 1.54) is 18.9 Å². The number of benzene rings is 2. The lowest BCUT2D eigenvalue weighted by Gasteiger charge is -2.20. The summed E-state index contributed by atoms with van der Waals surface area (Å²) in [6.45, 7) is 2.98. The van der Waals surface area contributed by atoms with E-state index >= 15 is 0 Å². The molecule has 6 heteroatoms. The molecular weight excluding hydrogens is 330 g/mol. The first-order valence-electron chi connectivity index (χ1n) is 8.37.